The third kappa shape index (κ3) is 4.89. The van der Waals surface area contributed by atoms with Crippen LogP contribution in [-0.4, -0.2) is 24.0 Å². The lowest BCUT2D eigenvalue weighted by Crippen LogP contribution is -2.27. The summed E-state index contributed by atoms with van der Waals surface area (Å²) in [7, 11) is 1.58. The molecule has 0 radical (unpaired) electrons. The molecule has 0 saturated heterocycles. The molecule has 0 aliphatic rings. The van der Waals surface area contributed by atoms with Crippen LogP contribution in [0, 0.1) is 0 Å². The molecule has 0 fully saturated rings. The second-order valence-corrected chi connectivity index (χ2v) is 6.74. The van der Waals surface area contributed by atoms with Crippen molar-refractivity contribution < 1.29 is 19.5 Å². The summed E-state index contributed by atoms with van der Waals surface area (Å²) < 4.78 is 5.23. The lowest BCUT2D eigenvalue weighted by Gasteiger charge is -2.27. The largest absolute Gasteiger partial charge is 0.497 e. The molecular weight excluding hydrogens is 366 g/mol. The lowest BCUT2D eigenvalue weighted by molar-refractivity contribution is -0.129. The summed E-state index contributed by atoms with van der Waals surface area (Å²) >= 11 is 0. The molecule has 5 heteroatoms. The Morgan fingerprint density at radius 3 is 2.00 bits per heavy atom. The van der Waals surface area contributed by atoms with Crippen molar-refractivity contribution in [3.05, 3.63) is 102 Å². The summed E-state index contributed by atoms with van der Waals surface area (Å²) in [5.41, 5.74) is 3.90. The van der Waals surface area contributed by atoms with Crippen LogP contribution in [0.5, 0.6) is 5.75 Å². The van der Waals surface area contributed by atoms with Gasteiger partial charge in [-0.05, 0) is 23.3 Å². The number of hydrogen-bond donors (Lipinski definition) is 2. The number of nitrogens with one attached hydrogen (secondary N) is 1. The Morgan fingerprint density at radius 2 is 1.45 bits per heavy atom. The van der Waals surface area contributed by atoms with Crippen molar-refractivity contribution in [2.75, 3.05) is 7.11 Å². The van der Waals surface area contributed by atoms with Crippen molar-refractivity contribution in [3.63, 3.8) is 0 Å². The van der Waals surface area contributed by atoms with Gasteiger partial charge in [0.05, 0.1) is 13.0 Å². The second kappa shape index (κ2) is 9.66. The molecule has 0 spiro atoms. The van der Waals surface area contributed by atoms with E-state index in [2.05, 4.69) is 0 Å². The number of Topliss-reactive ketones (excluding diaryl/α,β-unsaturated/α-hetero) is 1. The summed E-state index contributed by atoms with van der Waals surface area (Å²) in [5.74, 6) is -1.01. The molecular formula is C24H23NO4. The van der Waals surface area contributed by atoms with Gasteiger partial charge in [0, 0.05) is 17.9 Å². The van der Waals surface area contributed by atoms with Crippen molar-refractivity contribution in [3.8, 4) is 5.75 Å². The number of hydroxylamine groups is 1. The zero-order chi connectivity index (χ0) is 20.6. The van der Waals surface area contributed by atoms with E-state index in [9.17, 15) is 9.59 Å². The number of benzene rings is 3. The lowest BCUT2D eigenvalue weighted by atomic mass is 9.75. The van der Waals surface area contributed by atoms with Crippen LogP contribution in [0.4, 0.5) is 0 Å². The van der Waals surface area contributed by atoms with Gasteiger partial charge in [-0.3, -0.25) is 14.8 Å². The molecule has 29 heavy (non-hydrogen) atoms. The van der Waals surface area contributed by atoms with Crippen molar-refractivity contribution in [1.82, 2.24) is 5.48 Å². The summed E-state index contributed by atoms with van der Waals surface area (Å²) in [4.78, 5) is 25.7. The molecule has 0 heterocycles. The molecule has 5 nitrogen and oxygen atoms in total. The minimum absolute atomic E-state index is 0.0407. The van der Waals surface area contributed by atoms with Gasteiger partial charge in [0.15, 0.2) is 5.78 Å². The molecule has 148 valence electrons. The fraction of sp³-hybridized carbons (Fsp3) is 0.167. The Hall–Kier alpha value is -3.44. The second-order valence-electron chi connectivity index (χ2n) is 6.74. The highest BCUT2D eigenvalue weighted by molar-refractivity contribution is 6.02. The van der Waals surface area contributed by atoms with Crippen molar-refractivity contribution in [1.29, 1.82) is 0 Å². The first-order chi connectivity index (χ1) is 14.1. The van der Waals surface area contributed by atoms with E-state index in [1.807, 2.05) is 60.7 Å². The van der Waals surface area contributed by atoms with E-state index in [1.165, 1.54) is 0 Å². The highest BCUT2D eigenvalue weighted by atomic mass is 16.5. The summed E-state index contributed by atoms with van der Waals surface area (Å²) in [6, 6.07) is 25.7. The standard InChI is InChI=1S/C24H23NO4/c1-29-20-14-12-17(13-15-20)21(16-22(26)25-28)23(18-8-4-2-5-9-18)24(27)19-10-6-3-7-11-19/h2-15,21,23,28H,16H2,1H3,(H,25,26). The fourth-order valence-electron chi connectivity index (χ4n) is 3.53. The van der Waals surface area contributed by atoms with E-state index >= 15 is 0 Å². The quantitative estimate of drug-likeness (QED) is 0.341. The zero-order valence-electron chi connectivity index (χ0n) is 16.1. The molecule has 2 unspecified atom stereocenters. The number of ether oxygens (including phenoxy) is 1. The van der Waals surface area contributed by atoms with E-state index in [1.54, 1.807) is 36.9 Å². The number of methoxy groups -OCH3 is 1. The van der Waals surface area contributed by atoms with E-state index in [-0.39, 0.29) is 12.2 Å². The number of amides is 1. The number of carbonyl (C=O) groups is 2. The molecule has 0 aromatic heterocycles. The Labute approximate surface area is 169 Å². The van der Waals surface area contributed by atoms with Gasteiger partial charge in [0.1, 0.15) is 5.75 Å². The zero-order valence-corrected chi connectivity index (χ0v) is 16.1. The normalized spacial score (nSPS) is 12.6. The van der Waals surface area contributed by atoms with E-state index in [4.69, 9.17) is 9.94 Å². The number of ketones is 1. The highest BCUT2D eigenvalue weighted by Crippen LogP contribution is 2.38. The average molecular weight is 389 g/mol. The van der Waals surface area contributed by atoms with Crippen LogP contribution in [-0.2, 0) is 4.79 Å². The number of carbonyl (C=O) groups excluding carboxylic acids is 2. The van der Waals surface area contributed by atoms with Crippen LogP contribution in [0.2, 0.25) is 0 Å². The Morgan fingerprint density at radius 1 is 0.862 bits per heavy atom. The monoisotopic (exact) mass is 389 g/mol. The van der Waals surface area contributed by atoms with E-state index in [0.717, 1.165) is 11.1 Å². The van der Waals surface area contributed by atoms with Gasteiger partial charge in [-0.25, -0.2) is 5.48 Å². The molecule has 3 rings (SSSR count). The van der Waals surface area contributed by atoms with Crippen LogP contribution in [0.25, 0.3) is 0 Å². The number of rotatable bonds is 8. The van der Waals surface area contributed by atoms with Crippen LogP contribution in [0.1, 0.15) is 39.7 Å². The average Bonchev–Trinajstić information content (AvgIpc) is 2.79. The molecule has 2 N–H and O–H groups in total. The molecule has 3 aromatic carbocycles. The Kier molecular flexibility index (Phi) is 6.76. The van der Waals surface area contributed by atoms with Crippen LogP contribution in [0.15, 0.2) is 84.9 Å². The summed E-state index contributed by atoms with van der Waals surface area (Å²) in [6.07, 6.45) is -0.0407. The first kappa shape index (κ1) is 20.3. The molecule has 0 aliphatic heterocycles. The molecule has 2 atom stereocenters. The van der Waals surface area contributed by atoms with Gasteiger partial charge in [-0.1, -0.05) is 72.8 Å². The Bertz CT molecular complexity index is 940. The maximum absolute atomic E-state index is 13.5. The first-order valence-corrected chi connectivity index (χ1v) is 9.35. The van der Waals surface area contributed by atoms with Gasteiger partial charge >= 0.3 is 0 Å². The predicted molar refractivity (Wildman–Crippen MR) is 110 cm³/mol. The van der Waals surface area contributed by atoms with Crippen LogP contribution in [0.3, 0.4) is 0 Å². The third-order valence-electron chi connectivity index (χ3n) is 4.98. The maximum atomic E-state index is 13.5. The van der Waals surface area contributed by atoms with E-state index in [0.29, 0.717) is 11.3 Å². The fourth-order valence-corrected chi connectivity index (χ4v) is 3.53. The smallest absolute Gasteiger partial charge is 0.243 e. The Balaban J connectivity index is 2.10. The topological polar surface area (TPSA) is 75.6 Å². The summed E-state index contributed by atoms with van der Waals surface area (Å²) in [5, 5.41) is 9.12. The molecule has 0 bridgehead atoms. The highest BCUT2D eigenvalue weighted by Gasteiger charge is 2.33. The van der Waals surface area contributed by atoms with E-state index < -0.39 is 17.7 Å². The van der Waals surface area contributed by atoms with Gasteiger partial charge in [-0.2, -0.15) is 0 Å². The first-order valence-electron chi connectivity index (χ1n) is 9.35. The van der Waals surface area contributed by atoms with Gasteiger partial charge in [0.2, 0.25) is 5.91 Å². The van der Waals surface area contributed by atoms with Crippen molar-refractivity contribution in [2.45, 2.75) is 18.3 Å². The van der Waals surface area contributed by atoms with Crippen LogP contribution < -0.4 is 10.2 Å². The van der Waals surface area contributed by atoms with Crippen molar-refractivity contribution in [2.24, 2.45) is 0 Å². The SMILES string of the molecule is COc1ccc(C(CC(=O)NO)C(C(=O)c2ccccc2)c2ccccc2)cc1. The van der Waals surface area contributed by atoms with Gasteiger partial charge < -0.3 is 4.74 Å². The minimum Gasteiger partial charge on any atom is -0.497 e. The van der Waals surface area contributed by atoms with Crippen LogP contribution >= 0.6 is 0 Å². The van der Waals surface area contributed by atoms with Gasteiger partial charge in [0.25, 0.3) is 0 Å². The molecule has 1 amide bonds. The predicted octanol–water partition coefficient (Wildman–Crippen LogP) is 4.34. The third-order valence-corrected chi connectivity index (χ3v) is 4.98. The summed E-state index contributed by atoms with van der Waals surface area (Å²) in [6.45, 7) is 0. The van der Waals surface area contributed by atoms with Gasteiger partial charge in [-0.15, -0.1) is 0 Å². The van der Waals surface area contributed by atoms with Crippen molar-refractivity contribution >= 4 is 11.7 Å². The minimum atomic E-state index is -0.593. The molecule has 0 aliphatic carbocycles. The molecule has 3 aromatic rings. The molecule has 0 saturated carbocycles. The number of hydrogen-bond acceptors (Lipinski definition) is 4. The maximum Gasteiger partial charge on any atom is 0.243 e.